The van der Waals surface area contributed by atoms with E-state index in [-0.39, 0.29) is 0 Å². The summed E-state index contributed by atoms with van der Waals surface area (Å²) in [5.74, 6) is -4.09. The summed E-state index contributed by atoms with van der Waals surface area (Å²) < 4.78 is 72.7. The number of aliphatic hydroxyl groups excluding tert-OH is 1. The number of amides is 1. The molecule has 20 heavy (non-hydrogen) atoms. The van der Waals surface area contributed by atoms with Gasteiger partial charge in [0.25, 0.3) is 0 Å². The molecule has 0 spiro atoms. The minimum Gasteiger partial charge on any atom is -0.405 e. The van der Waals surface area contributed by atoms with Crippen LogP contribution in [0.3, 0.4) is 0 Å². The van der Waals surface area contributed by atoms with Crippen molar-refractivity contribution in [3.8, 4) is 5.75 Å². The molecule has 1 rings (SSSR count). The molecule has 110 valence electrons. The van der Waals surface area contributed by atoms with Crippen LogP contribution in [-0.2, 0) is 4.43 Å². The van der Waals surface area contributed by atoms with Crippen molar-refractivity contribution in [1.82, 2.24) is 5.12 Å². The van der Waals surface area contributed by atoms with Gasteiger partial charge in [0, 0.05) is 0 Å². The van der Waals surface area contributed by atoms with E-state index >= 15 is 0 Å². The fourth-order valence-electron chi connectivity index (χ4n) is 0.971. The summed E-state index contributed by atoms with van der Waals surface area (Å²) in [5, 5.41) is 6.51. The fourth-order valence-corrected chi connectivity index (χ4v) is 1.38. The van der Waals surface area contributed by atoms with E-state index in [9.17, 15) is 26.8 Å². The summed E-state index contributed by atoms with van der Waals surface area (Å²) in [6.45, 7) is -1.12. The van der Waals surface area contributed by atoms with Gasteiger partial charge >= 0.3 is 21.5 Å². The second kappa shape index (κ2) is 6.63. The van der Waals surface area contributed by atoms with Crippen LogP contribution >= 0.6 is 0 Å². The maximum atomic E-state index is 13.1. The van der Waals surface area contributed by atoms with Crippen LogP contribution in [0.15, 0.2) is 18.2 Å². The standard InChI is InChI=1S/C9H6F5NO4Si/c10-5-2-1-3-6(7(5)11)19-8(17)15(14)9(12,13)20-18-4-16/h1-3,16H,4H2. The zero-order valence-electron chi connectivity index (χ0n) is 9.45. The highest BCUT2D eigenvalue weighted by Crippen LogP contribution is 2.24. The Morgan fingerprint density at radius 2 is 2.05 bits per heavy atom. The first-order valence-corrected chi connectivity index (χ1v) is 5.70. The Labute approximate surface area is 111 Å². The van der Waals surface area contributed by atoms with E-state index in [4.69, 9.17) is 5.11 Å². The summed E-state index contributed by atoms with van der Waals surface area (Å²) in [6, 6.07) is 2.36. The van der Waals surface area contributed by atoms with Gasteiger partial charge in [0.05, 0.1) is 0 Å². The van der Waals surface area contributed by atoms with E-state index < -0.39 is 50.8 Å². The average Bonchev–Trinajstić information content (AvgIpc) is 2.40. The zero-order valence-corrected chi connectivity index (χ0v) is 10.4. The first-order valence-electron chi connectivity index (χ1n) is 4.79. The van der Waals surface area contributed by atoms with Crippen LogP contribution in [0.2, 0.25) is 0 Å². The highest BCUT2D eigenvalue weighted by atomic mass is 28.2. The second-order valence-corrected chi connectivity index (χ2v) is 4.21. The largest absolute Gasteiger partial charge is 0.448 e. The lowest BCUT2D eigenvalue weighted by Crippen LogP contribution is -2.46. The van der Waals surface area contributed by atoms with Gasteiger partial charge in [-0.3, -0.25) is 0 Å². The third-order valence-electron chi connectivity index (χ3n) is 1.78. The minimum absolute atomic E-state index is 0.685. The number of halogens is 5. The maximum absolute atomic E-state index is 13.1. The number of alkyl halides is 2. The SMILES string of the molecule is O=C(Oc1cccc(F)c1F)N(F)C(F)(F)[Si]OCO. The van der Waals surface area contributed by atoms with Gasteiger partial charge in [-0.1, -0.05) is 15.7 Å². The van der Waals surface area contributed by atoms with Crippen molar-refractivity contribution in [1.29, 1.82) is 0 Å². The summed E-state index contributed by atoms with van der Waals surface area (Å²) >= 11 is 0. The van der Waals surface area contributed by atoms with E-state index in [0.717, 1.165) is 12.1 Å². The Morgan fingerprint density at radius 1 is 1.40 bits per heavy atom. The van der Waals surface area contributed by atoms with Gasteiger partial charge in [0.15, 0.2) is 11.6 Å². The van der Waals surface area contributed by atoms with E-state index in [1.54, 1.807) is 0 Å². The summed E-state index contributed by atoms with van der Waals surface area (Å²) in [7, 11) is -1.91. The van der Waals surface area contributed by atoms with E-state index in [1.165, 1.54) is 0 Å². The van der Waals surface area contributed by atoms with Crippen molar-refractivity contribution in [3.05, 3.63) is 29.8 Å². The lowest BCUT2D eigenvalue weighted by molar-refractivity contribution is -0.161. The second-order valence-electron chi connectivity index (χ2n) is 3.12. The molecular weight excluding hydrogens is 309 g/mol. The van der Waals surface area contributed by atoms with Crippen LogP contribution in [0.5, 0.6) is 5.75 Å². The van der Waals surface area contributed by atoms with Gasteiger partial charge in [-0.15, -0.1) is 0 Å². The topological polar surface area (TPSA) is 59.0 Å². The number of ether oxygens (including phenoxy) is 1. The van der Waals surface area contributed by atoms with Crippen molar-refractivity contribution >= 4 is 15.9 Å². The van der Waals surface area contributed by atoms with Gasteiger partial charge in [-0.05, 0) is 12.1 Å². The van der Waals surface area contributed by atoms with Crippen molar-refractivity contribution in [2.45, 2.75) is 5.67 Å². The number of carbonyl (C=O) groups excluding carboxylic acids is 1. The number of hydrogen-bond acceptors (Lipinski definition) is 4. The molecule has 2 radical (unpaired) electrons. The van der Waals surface area contributed by atoms with Crippen LogP contribution in [0.25, 0.3) is 0 Å². The molecule has 1 amide bonds. The quantitative estimate of drug-likeness (QED) is 0.296. The molecule has 0 heterocycles. The minimum atomic E-state index is -4.43. The van der Waals surface area contributed by atoms with E-state index in [1.807, 2.05) is 0 Å². The molecule has 0 fully saturated rings. The number of nitrogens with zero attached hydrogens (tertiary/aromatic N) is 1. The molecule has 0 saturated carbocycles. The molecule has 0 aliphatic carbocycles. The fraction of sp³-hybridized carbons (Fsp3) is 0.222. The highest BCUT2D eigenvalue weighted by molar-refractivity contribution is 6.31. The molecule has 0 atom stereocenters. The molecule has 0 aliphatic rings. The number of rotatable bonds is 5. The van der Waals surface area contributed by atoms with E-state index in [2.05, 4.69) is 9.16 Å². The summed E-state index contributed by atoms with van der Waals surface area (Å²) in [6.07, 6.45) is -2.27. The lowest BCUT2D eigenvalue weighted by Gasteiger charge is -2.20. The summed E-state index contributed by atoms with van der Waals surface area (Å²) in [4.78, 5) is 11.0. The Morgan fingerprint density at radius 3 is 2.65 bits per heavy atom. The molecule has 1 aromatic rings. The molecule has 5 nitrogen and oxygen atoms in total. The molecule has 1 N–H and O–H groups in total. The van der Waals surface area contributed by atoms with Gasteiger partial charge in [-0.2, -0.15) is 13.2 Å². The molecule has 1 aromatic carbocycles. The molecule has 0 saturated heterocycles. The van der Waals surface area contributed by atoms with Crippen LogP contribution in [0.1, 0.15) is 0 Å². The molecular formula is C9H6F5NO4Si. The van der Waals surface area contributed by atoms with Crippen molar-refractivity contribution < 1.29 is 41.1 Å². The van der Waals surface area contributed by atoms with Crippen molar-refractivity contribution in [3.63, 3.8) is 0 Å². The summed E-state index contributed by atoms with van der Waals surface area (Å²) in [5.41, 5.74) is -4.43. The normalized spacial score (nSPS) is 11.3. The third-order valence-corrected chi connectivity index (χ3v) is 2.50. The molecule has 0 aliphatic heterocycles. The van der Waals surface area contributed by atoms with E-state index in [0.29, 0.717) is 6.07 Å². The predicted octanol–water partition coefficient (Wildman–Crippen LogP) is 1.79. The van der Waals surface area contributed by atoms with Crippen LogP contribution in [0, 0.1) is 11.6 Å². The van der Waals surface area contributed by atoms with Crippen molar-refractivity contribution in [2.24, 2.45) is 0 Å². The Balaban J connectivity index is 2.77. The number of hydrogen-bond donors (Lipinski definition) is 1. The smallest absolute Gasteiger partial charge is 0.405 e. The maximum Gasteiger partial charge on any atom is 0.448 e. The molecule has 0 bridgehead atoms. The van der Waals surface area contributed by atoms with Crippen LogP contribution in [0.4, 0.5) is 26.8 Å². The van der Waals surface area contributed by atoms with Gasteiger partial charge in [-0.25, -0.2) is 9.18 Å². The number of benzene rings is 1. The lowest BCUT2D eigenvalue weighted by atomic mass is 10.3. The van der Waals surface area contributed by atoms with Crippen molar-refractivity contribution in [2.75, 3.05) is 6.79 Å². The Bertz CT molecular complexity index is 489. The van der Waals surface area contributed by atoms with Gasteiger partial charge in [0.2, 0.25) is 5.82 Å². The average molecular weight is 315 g/mol. The van der Waals surface area contributed by atoms with Gasteiger partial charge < -0.3 is 14.3 Å². The molecule has 0 aromatic heterocycles. The molecule has 11 heteroatoms. The highest BCUT2D eigenvalue weighted by Gasteiger charge is 2.45. The Hall–Kier alpha value is -1.72. The third kappa shape index (κ3) is 3.88. The zero-order chi connectivity index (χ0) is 15.3. The number of carbonyl (C=O) groups is 1. The molecule has 0 unspecified atom stereocenters. The Kier molecular flexibility index (Phi) is 5.41. The first kappa shape index (κ1) is 16.3. The number of aliphatic hydroxyl groups is 1. The van der Waals surface area contributed by atoms with Crippen LogP contribution in [-0.4, -0.2) is 38.5 Å². The van der Waals surface area contributed by atoms with Crippen LogP contribution < -0.4 is 4.74 Å². The monoisotopic (exact) mass is 315 g/mol. The first-order chi connectivity index (χ1) is 9.29. The van der Waals surface area contributed by atoms with Gasteiger partial charge in [0.1, 0.15) is 6.79 Å². The predicted molar refractivity (Wildman–Crippen MR) is 54.2 cm³/mol.